The summed E-state index contributed by atoms with van der Waals surface area (Å²) in [5.41, 5.74) is 8.41. The predicted molar refractivity (Wildman–Crippen MR) is 109 cm³/mol. The van der Waals surface area contributed by atoms with Crippen molar-refractivity contribution in [2.75, 3.05) is 32.4 Å². The molecule has 2 aromatic rings. The monoisotopic (exact) mass is 380 g/mol. The van der Waals surface area contributed by atoms with Gasteiger partial charge in [0.2, 0.25) is 5.91 Å². The molecule has 3 saturated heterocycles. The molecule has 4 heterocycles. The molecule has 3 aliphatic heterocycles. The Labute approximate surface area is 165 Å². The van der Waals surface area contributed by atoms with Crippen LogP contribution in [0.15, 0.2) is 43.1 Å². The molecule has 4 atom stereocenters. The number of fused-ring (bicyclic) bond motifs is 3. The number of amides is 1. The molecular weight excluding hydrogens is 352 g/mol. The summed E-state index contributed by atoms with van der Waals surface area (Å²) in [5, 5.41) is 8.63. The van der Waals surface area contributed by atoms with Gasteiger partial charge < -0.3 is 10.6 Å². The summed E-state index contributed by atoms with van der Waals surface area (Å²) >= 11 is 0. The molecule has 5 rings (SSSR count). The van der Waals surface area contributed by atoms with E-state index in [4.69, 9.17) is 5.73 Å². The minimum Gasteiger partial charge on any atom is -0.399 e. The van der Waals surface area contributed by atoms with E-state index in [1.54, 1.807) is 11.0 Å². The summed E-state index contributed by atoms with van der Waals surface area (Å²) < 4.78 is 1.92. The third-order valence-corrected chi connectivity index (χ3v) is 6.09. The number of piperidine rings is 3. The van der Waals surface area contributed by atoms with Gasteiger partial charge in [-0.2, -0.15) is 0 Å². The van der Waals surface area contributed by atoms with Gasteiger partial charge in [0.15, 0.2) is 0 Å². The highest BCUT2D eigenvalue weighted by atomic mass is 16.2. The Morgan fingerprint density at radius 3 is 3.04 bits per heavy atom. The fourth-order valence-corrected chi connectivity index (χ4v) is 4.61. The van der Waals surface area contributed by atoms with E-state index in [1.807, 2.05) is 42.2 Å². The maximum Gasteiger partial charge on any atom is 0.227 e. The highest BCUT2D eigenvalue weighted by Gasteiger charge is 2.44. The van der Waals surface area contributed by atoms with Gasteiger partial charge in [-0.15, -0.1) is 11.7 Å². The third kappa shape index (κ3) is 3.67. The Balaban J connectivity index is 1.41. The average Bonchev–Trinajstić information content (AvgIpc) is 3.16. The SMILES string of the molecule is C=CCN(C)C(=O)[C@H]1CN2CC[C@H]1C[C@@H]2Cn1cc(-c2cccc(N)c2)nn1. The Morgan fingerprint density at radius 1 is 1.46 bits per heavy atom. The highest BCUT2D eigenvalue weighted by Crippen LogP contribution is 2.37. The van der Waals surface area contributed by atoms with Gasteiger partial charge in [-0.3, -0.25) is 14.4 Å². The van der Waals surface area contributed by atoms with Crippen LogP contribution >= 0.6 is 0 Å². The zero-order valence-electron chi connectivity index (χ0n) is 16.4. The molecule has 28 heavy (non-hydrogen) atoms. The van der Waals surface area contributed by atoms with E-state index in [1.165, 1.54) is 0 Å². The third-order valence-electron chi connectivity index (χ3n) is 6.09. The number of hydrogen-bond donors (Lipinski definition) is 1. The van der Waals surface area contributed by atoms with E-state index in [2.05, 4.69) is 21.8 Å². The minimum atomic E-state index is 0.105. The zero-order valence-corrected chi connectivity index (χ0v) is 16.4. The van der Waals surface area contributed by atoms with Gasteiger partial charge in [-0.25, -0.2) is 0 Å². The van der Waals surface area contributed by atoms with Gasteiger partial charge in [-0.1, -0.05) is 23.4 Å². The molecule has 0 spiro atoms. The Morgan fingerprint density at radius 2 is 2.32 bits per heavy atom. The van der Waals surface area contributed by atoms with Crippen LogP contribution in [0.25, 0.3) is 11.3 Å². The van der Waals surface area contributed by atoms with Crippen LogP contribution in [-0.2, 0) is 11.3 Å². The van der Waals surface area contributed by atoms with Crippen LogP contribution in [0.3, 0.4) is 0 Å². The second-order valence-electron chi connectivity index (χ2n) is 8.00. The van der Waals surface area contributed by atoms with Gasteiger partial charge in [0, 0.05) is 37.4 Å². The lowest BCUT2D eigenvalue weighted by atomic mass is 9.75. The number of anilines is 1. The number of nitrogens with zero attached hydrogens (tertiary/aromatic N) is 5. The smallest absolute Gasteiger partial charge is 0.227 e. The van der Waals surface area contributed by atoms with Crippen molar-refractivity contribution in [3.8, 4) is 11.3 Å². The zero-order chi connectivity index (χ0) is 19.7. The van der Waals surface area contributed by atoms with Crippen LogP contribution in [0.2, 0.25) is 0 Å². The lowest BCUT2D eigenvalue weighted by Crippen LogP contribution is -2.58. The molecule has 2 bridgehead atoms. The first-order valence-electron chi connectivity index (χ1n) is 9.91. The van der Waals surface area contributed by atoms with Crippen LogP contribution < -0.4 is 5.73 Å². The van der Waals surface area contributed by atoms with Crippen molar-refractivity contribution in [3.05, 3.63) is 43.1 Å². The number of aromatic nitrogens is 3. The molecule has 1 aromatic carbocycles. The summed E-state index contributed by atoms with van der Waals surface area (Å²) in [5.74, 6) is 0.804. The van der Waals surface area contributed by atoms with Crippen molar-refractivity contribution in [1.82, 2.24) is 24.8 Å². The number of carbonyl (C=O) groups is 1. The summed E-state index contributed by atoms with van der Waals surface area (Å²) in [6, 6.07) is 8.10. The molecule has 1 amide bonds. The van der Waals surface area contributed by atoms with Crippen LogP contribution in [0.1, 0.15) is 12.8 Å². The van der Waals surface area contributed by atoms with Crippen molar-refractivity contribution in [2.24, 2.45) is 11.8 Å². The molecule has 1 aromatic heterocycles. The first kappa shape index (κ1) is 18.7. The molecule has 3 fully saturated rings. The van der Waals surface area contributed by atoms with E-state index < -0.39 is 0 Å². The normalized spacial score (nSPS) is 26.2. The van der Waals surface area contributed by atoms with Crippen LogP contribution in [0.4, 0.5) is 5.69 Å². The number of likely N-dealkylation sites (N-methyl/N-ethyl adjacent to an activating group) is 1. The quantitative estimate of drug-likeness (QED) is 0.611. The van der Waals surface area contributed by atoms with E-state index in [9.17, 15) is 4.79 Å². The van der Waals surface area contributed by atoms with Gasteiger partial charge >= 0.3 is 0 Å². The molecule has 1 unspecified atom stereocenters. The standard InChI is InChI=1S/C21H28N6O/c1-3-8-25(2)21(28)19-13-26-9-7-15(19)11-18(26)12-27-14-20(23-24-27)16-5-4-6-17(22)10-16/h3-6,10,14-15,18-19H,1,7-9,11-13,22H2,2H3/t15-,18+,19-/m0/s1. The second-order valence-corrected chi connectivity index (χ2v) is 8.00. The van der Waals surface area contributed by atoms with Gasteiger partial charge in [-0.05, 0) is 37.4 Å². The summed E-state index contributed by atoms with van der Waals surface area (Å²) in [7, 11) is 1.87. The number of hydrogen-bond acceptors (Lipinski definition) is 5. The van der Waals surface area contributed by atoms with Crippen LogP contribution in [0.5, 0.6) is 0 Å². The molecule has 7 heteroatoms. The molecule has 3 aliphatic rings. The number of carbonyl (C=O) groups excluding carboxylic acids is 1. The Bertz CT molecular complexity index is 862. The van der Waals surface area contributed by atoms with Crippen molar-refractivity contribution in [3.63, 3.8) is 0 Å². The van der Waals surface area contributed by atoms with E-state index in [0.717, 1.165) is 49.4 Å². The number of rotatable bonds is 6. The summed E-state index contributed by atoms with van der Waals surface area (Å²) in [4.78, 5) is 17.0. The molecule has 0 saturated carbocycles. The number of benzene rings is 1. The first-order chi connectivity index (χ1) is 13.5. The maximum atomic E-state index is 12.7. The number of nitrogens with two attached hydrogens (primary N) is 1. The summed E-state index contributed by atoms with van der Waals surface area (Å²) in [6.45, 7) is 7.04. The number of nitrogen functional groups attached to an aromatic ring is 1. The van der Waals surface area contributed by atoms with Gasteiger partial charge in [0.1, 0.15) is 5.69 Å². The van der Waals surface area contributed by atoms with E-state index in [0.29, 0.717) is 18.5 Å². The minimum absolute atomic E-state index is 0.105. The van der Waals surface area contributed by atoms with Crippen molar-refractivity contribution >= 4 is 11.6 Å². The largest absolute Gasteiger partial charge is 0.399 e. The van der Waals surface area contributed by atoms with Gasteiger partial charge in [0.25, 0.3) is 0 Å². The fraction of sp³-hybridized carbons (Fsp3) is 0.476. The topological polar surface area (TPSA) is 80.3 Å². The highest BCUT2D eigenvalue weighted by molar-refractivity contribution is 5.79. The van der Waals surface area contributed by atoms with E-state index in [-0.39, 0.29) is 11.8 Å². The van der Waals surface area contributed by atoms with Crippen molar-refractivity contribution in [2.45, 2.75) is 25.4 Å². The second kappa shape index (κ2) is 7.75. The van der Waals surface area contributed by atoms with Crippen molar-refractivity contribution < 1.29 is 4.79 Å². The Hall–Kier alpha value is -2.67. The van der Waals surface area contributed by atoms with Crippen LogP contribution in [0, 0.1) is 11.8 Å². The molecule has 148 valence electrons. The molecule has 7 nitrogen and oxygen atoms in total. The van der Waals surface area contributed by atoms with Crippen LogP contribution in [-0.4, -0.2) is 63.4 Å². The predicted octanol–water partition coefficient (Wildman–Crippen LogP) is 1.88. The lowest BCUT2D eigenvalue weighted by Gasteiger charge is -2.49. The average molecular weight is 380 g/mol. The molecular formula is C21H28N6O. The molecule has 0 radical (unpaired) electrons. The Kier molecular flexibility index (Phi) is 5.17. The molecule has 0 aliphatic carbocycles. The van der Waals surface area contributed by atoms with E-state index >= 15 is 0 Å². The van der Waals surface area contributed by atoms with Crippen molar-refractivity contribution in [1.29, 1.82) is 0 Å². The molecule has 2 N–H and O–H groups in total. The lowest BCUT2D eigenvalue weighted by molar-refractivity contribution is -0.142. The fourth-order valence-electron chi connectivity index (χ4n) is 4.61. The van der Waals surface area contributed by atoms with Gasteiger partial charge in [0.05, 0.1) is 18.7 Å². The summed E-state index contributed by atoms with van der Waals surface area (Å²) in [6.07, 6.45) is 5.90. The first-order valence-corrected chi connectivity index (χ1v) is 9.91. The maximum absolute atomic E-state index is 12.7.